The monoisotopic (exact) mass is 261 g/mol. The van der Waals surface area contributed by atoms with Crippen LogP contribution in [0.15, 0.2) is 0 Å². The molecular weight excluding hydrogens is 249 g/mol. The number of ether oxygens (including phenoxy) is 1. The van der Waals surface area contributed by atoms with Crippen LogP contribution in [-0.2, 0) is 4.74 Å². The summed E-state index contributed by atoms with van der Waals surface area (Å²) in [6, 6.07) is 0.525. The van der Waals surface area contributed by atoms with Crippen LogP contribution in [0, 0.1) is 10.8 Å². The Balaban J connectivity index is 1.86. The van der Waals surface area contributed by atoms with E-state index in [9.17, 15) is 4.39 Å². The predicted molar refractivity (Wildman–Crippen MR) is 56.0 cm³/mol. The summed E-state index contributed by atoms with van der Waals surface area (Å²) >= 11 is 2.95. The molecule has 2 fully saturated rings. The summed E-state index contributed by atoms with van der Waals surface area (Å²) in [6.07, 6.45) is 1.03. The van der Waals surface area contributed by atoms with Crippen LogP contribution in [0.2, 0.25) is 0 Å². The molecule has 0 spiro atoms. The van der Waals surface area contributed by atoms with E-state index < -0.39 is 5.67 Å². The number of piperidine rings is 1. The molecule has 2 nitrogen and oxygen atoms in total. The van der Waals surface area contributed by atoms with Crippen molar-refractivity contribution in [3.63, 3.8) is 0 Å². The molecule has 0 amide bonds. The lowest BCUT2D eigenvalue weighted by Crippen LogP contribution is -2.53. The topological polar surface area (TPSA) is 12.5 Å². The van der Waals surface area contributed by atoms with Crippen molar-refractivity contribution in [2.24, 2.45) is 0 Å². The van der Waals surface area contributed by atoms with Gasteiger partial charge in [-0.25, -0.2) is 4.39 Å². The molecule has 2 aliphatic rings. The van der Waals surface area contributed by atoms with E-state index in [1.165, 1.54) is 0 Å². The maximum atomic E-state index is 13.9. The third-order valence-electron chi connectivity index (χ3n) is 3.00. The highest BCUT2D eigenvalue weighted by Crippen LogP contribution is 2.28. The third kappa shape index (κ3) is 2.10. The van der Waals surface area contributed by atoms with Gasteiger partial charge in [0, 0.05) is 41.9 Å². The van der Waals surface area contributed by atoms with Crippen LogP contribution in [0.25, 0.3) is 0 Å². The molecule has 0 unspecified atom stereocenters. The van der Waals surface area contributed by atoms with Gasteiger partial charge in [-0.2, -0.15) is 0 Å². The van der Waals surface area contributed by atoms with Crippen LogP contribution in [0.1, 0.15) is 12.8 Å². The standard InChI is InChI=1S/C10H13BrFNO/c11-4-1-10(12)2-5-13(6-3-10)9-7-14-8-9/h9H,2-3,5-8H2. The maximum Gasteiger partial charge on any atom is 0.174 e. The summed E-state index contributed by atoms with van der Waals surface area (Å²) in [5.74, 6) is 2.60. The zero-order chi connectivity index (χ0) is 10.0. The summed E-state index contributed by atoms with van der Waals surface area (Å²) in [5.41, 5.74) is -1.27. The highest BCUT2D eigenvalue weighted by Gasteiger charge is 2.36. The Labute approximate surface area is 91.9 Å². The Bertz CT molecular complexity index is 261. The largest absolute Gasteiger partial charge is 0.378 e. The Kier molecular flexibility index (Phi) is 3.10. The van der Waals surface area contributed by atoms with Gasteiger partial charge < -0.3 is 4.74 Å². The number of hydrogen-bond donors (Lipinski definition) is 0. The van der Waals surface area contributed by atoms with E-state index in [1.54, 1.807) is 0 Å². The molecule has 0 saturated carbocycles. The Hall–Kier alpha value is -0.110. The van der Waals surface area contributed by atoms with Gasteiger partial charge in [0.15, 0.2) is 5.67 Å². The highest BCUT2D eigenvalue weighted by atomic mass is 79.9. The second-order valence-corrected chi connectivity index (χ2v) is 4.31. The van der Waals surface area contributed by atoms with Crippen LogP contribution < -0.4 is 0 Å². The first-order valence-electron chi connectivity index (χ1n) is 4.87. The van der Waals surface area contributed by atoms with Gasteiger partial charge in [0.05, 0.1) is 19.3 Å². The fourth-order valence-corrected chi connectivity index (χ4v) is 2.24. The van der Waals surface area contributed by atoms with Crippen LogP contribution >= 0.6 is 15.9 Å². The van der Waals surface area contributed by atoms with E-state index in [0.29, 0.717) is 18.9 Å². The van der Waals surface area contributed by atoms with Gasteiger partial charge in [-0.15, -0.1) is 0 Å². The minimum atomic E-state index is -1.27. The van der Waals surface area contributed by atoms with E-state index in [2.05, 4.69) is 31.6 Å². The van der Waals surface area contributed by atoms with Crippen LogP contribution in [-0.4, -0.2) is 42.9 Å². The minimum absolute atomic E-state index is 0.516. The molecule has 2 rings (SSSR count). The zero-order valence-corrected chi connectivity index (χ0v) is 9.52. The van der Waals surface area contributed by atoms with Crippen LogP contribution in [0.5, 0.6) is 0 Å². The highest BCUT2D eigenvalue weighted by molar-refractivity contribution is 9.12. The third-order valence-corrected chi connectivity index (χ3v) is 3.20. The minimum Gasteiger partial charge on any atom is -0.378 e. The fourth-order valence-electron chi connectivity index (χ4n) is 1.89. The second-order valence-electron chi connectivity index (χ2n) is 3.91. The van der Waals surface area contributed by atoms with Gasteiger partial charge in [-0.05, 0) is 10.8 Å². The summed E-state index contributed by atoms with van der Waals surface area (Å²) < 4.78 is 19.0. The molecule has 0 aliphatic carbocycles. The van der Waals surface area contributed by atoms with Crippen molar-refractivity contribution >= 4 is 15.9 Å². The number of rotatable bonds is 1. The van der Waals surface area contributed by atoms with Gasteiger partial charge in [0.25, 0.3) is 0 Å². The van der Waals surface area contributed by atoms with E-state index in [0.717, 1.165) is 26.3 Å². The maximum absolute atomic E-state index is 13.9. The summed E-state index contributed by atoms with van der Waals surface area (Å²) in [6.45, 7) is 3.21. The molecule has 2 heterocycles. The molecule has 0 aromatic heterocycles. The molecular formula is C10H13BrFNO. The zero-order valence-electron chi connectivity index (χ0n) is 7.93. The SMILES string of the molecule is FC1(C#CBr)CCN(C2COC2)CC1. The molecule has 0 radical (unpaired) electrons. The van der Waals surface area contributed by atoms with Gasteiger partial charge in [-0.3, -0.25) is 4.90 Å². The number of likely N-dealkylation sites (tertiary alicyclic amines) is 1. The van der Waals surface area contributed by atoms with Gasteiger partial charge >= 0.3 is 0 Å². The van der Waals surface area contributed by atoms with Crippen molar-refractivity contribution in [1.29, 1.82) is 0 Å². The van der Waals surface area contributed by atoms with Crippen LogP contribution in [0.3, 0.4) is 0 Å². The average Bonchev–Trinajstić information content (AvgIpc) is 2.06. The summed E-state index contributed by atoms with van der Waals surface area (Å²) in [7, 11) is 0. The molecule has 0 bridgehead atoms. The van der Waals surface area contributed by atoms with Crippen molar-refractivity contribution in [3.05, 3.63) is 0 Å². The Morgan fingerprint density at radius 3 is 2.43 bits per heavy atom. The molecule has 0 N–H and O–H groups in total. The predicted octanol–water partition coefficient (Wildman–Crippen LogP) is 1.55. The fraction of sp³-hybridized carbons (Fsp3) is 0.800. The number of nitrogens with zero attached hydrogens (tertiary/aromatic N) is 1. The molecule has 4 heteroatoms. The van der Waals surface area contributed by atoms with Gasteiger partial charge in [0.2, 0.25) is 0 Å². The quantitative estimate of drug-likeness (QED) is 0.665. The van der Waals surface area contributed by atoms with E-state index in [4.69, 9.17) is 4.74 Å². The number of hydrogen-bond acceptors (Lipinski definition) is 2. The van der Waals surface area contributed by atoms with Crippen LogP contribution in [0.4, 0.5) is 4.39 Å². The molecule has 2 aliphatic heterocycles. The Morgan fingerprint density at radius 1 is 1.36 bits per heavy atom. The van der Waals surface area contributed by atoms with E-state index in [1.807, 2.05) is 0 Å². The van der Waals surface area contributed by atoms with E-state index >= 15 is 0 Å². The average molecular weight is 262 g/mol. The Morgan fingerprint density at radius 2 is 2.00 bits per heavy atom. The molecule has 0 aromatic rings. The molecule has 14 heavy (non-hydrogen) atoms. The first-order valence-corrected chi connectivity index (χ1v) is 5.66. The lowest BCUT2D eigenvalue weighted by Gasteiger charge is -2.42. The molecule has 0 atom stereocenters. The van der Waals surface area contributed by atoms with Crippen molar-refractivity contribution < 1.29 is 9.13 Å². The first-order chi connectivity index (χ1) is 6.73. The van der Waals surface area contributed by atoms with Crippen molar-refractivity contribution in [3.8, 4) is 10.8 Å². The van der Waals surface area contributed by atoms with Crippen molar-refractivity contribution in [2.45, 2.75) is 24.6 Å². The second kappa shape index (κ2) is 4.18. The van der Waals surface area contributed by atoms with Crippen molar-refractivity contribution in [1.82, 2.24) is 4.90 Å². The van der Waals surface area contributed by atoms with Crippen molar-refractivity contribution in [2.75, 3.05) is 26.3 Å². The van der Waals surface area contributed by atoms with Gasteiger partial charge in [-0.1, -0.05) is 0 Å². The lowest BCUT2D eigenvalue weighted by atomic mass is 9.93. The normalized spacial score (nSPS) is 27.6. The number of alkyl halides is 1. The summed E-state index contributed by atoms with van der Waals surface area (Å²) in [4.78, 5) is 4.80. The molecule has 2 saturated heterocycles. The molecule has 78 valence electrons. The van der Waals surface area contributed by atoms with Gasteiger partial charge in [0.1, 0.15) is 0 Å². The smallest absolute Gasteiger partial charge is 0.174 e. The molecule has 0 aromatic carbocycles. The lowest BCUT2D eigenvalue weighted by molar-refractivity contribution is -0.0793. The first kappa shape index (κ1) is 10.4. The number of halogens is 2. The van der Waals surface area contributed by atoms with E-state index in [-0.39, 0.29) is 0 Å². The summed E-state index contributed by atoms with van der Waals surface area (Å²) in [5, 5.41) is 0.